The van der Waals surface area contributed by atoms with Crippen molar-refractivity contribution in [3.63, 3.8) is 0 Å². The van der Waals surface area contributed by atoms with E-state index in [4.69, 9.17) is 9.97 Å². The Morgan fingerprint density at radius 2 is 1.15 bits per heavy atom. The first-order chi connectivity index (χ1) is 22.8. The molecule has 2 aromatic heterocycles. The normalized spacial score (nSPS) is 10.8. The number of rotatable bonds is 7. The van der Waals surface area contributed by atoms with Gasteiger partial charge in [0.05, 0.1) is 22.4 Å². The molecule has 0 saturated heterocycles. The number of fused-ring (bicyclic) bond motifs is 1. The van der Waals surface area contributed by atoms with Crippen molar-refractivity contribution in [1.29, 1.82) is 0 Å². The summed E-state index contributed by atoms with van der Waals surface area (Å²) in [6, 6.07) is 64.6. The first kappa shape index (κ1) is 30.1. The molecule has 0 spiro atoms. The summed E-state index contributed by atoms with van der Waals surface area (Å²) < 4.78 is 2.26. The molecule has 47 heavy (non-hydrogen) atoms. The Bertz CT molecular complexity index is 2250. The van der Waals surface area contributed by atoms with Crippen molar-refractivity contribution in [1.82, 2.24) is 14.5 Å². The second-order valence-corrected chi connectivity index (χ2v) is 10.9. The number of benzene rings is 6. The maximum Gasteiger partial charge on any atom is 2.00 e. The van der Waals surface area contributed by atoms with Gasteiger partial charge in [-0.1, -0.05) is 96.6 Å². The third kappa shape index (κ3) is 5.80. The van der Waals surface area contributed by atoms with Gasteiger partial charge in [0.25, 0.3) is 0 Å². The molecule has 6 aromatic carbocycles. The molecule has 0 radical (unpaired) electrons. The maximum atomic E-state index is 5.48. The largest absolute Gasteiger partial charge is 2.00 e. The molecule has 0 fully saturated rings. The average Bonchev–Trinajstić information content (AvgIpc) is 3.52. The van der Waals surface area contributed by atoms with Crippen molar-refractivity contribution in [3.05, 3.63) is 182 Å². The monoisotopic (exact) mass is 783 g/mol. The Hall–Kier alpha value is -5.57. The van der Waals surface area contributed by atoms with Gasteiger partial charge in [-0.05, 0) is 41.6 Å². The first-order valence-electron chi connectivity index (χ1n) is 15.3. The molecule has 2 heterocycles. The Labute approximate surface area is 288 Å². The zero-order valence-corrected chi connectivity index (χ0v) is 27.5. The molecule has 0 aliphatic heterocycles. The average molecular weight is 784 g/mol. The number of pyridine rings is 1. The van der Waals surface area contributed by atoms with Crippen LogP contribution in [0.3, 0.4) is 0 Å². The number of para-hydroxylation sites is 3. The minimum atomic E-state index is 0. The second kappa shape index (κ2) is 13.4. The van der Waals surface area contributed by atoms with Gasteiger partial charge in [0, 0.05) is 5.56 Å². The SMILES string of the molecule is [Pt+2].[c-]1ccccc1-c1cccc(N(c2ccccc2)c2nc3c(-c4[c-]cccc4)cccc3n2-c2ccccc2-c2ccccc2)n1. The van der Waals surface area contributed by atoms with Gasteiger partial charge < -0.3 is 0 Å². The van der Waals surface area contributed by atoms with Crippen LogP contribution in [0.15, 0.2) is 170 Å². The summed E-state index contributed by atoms with van der Waals surface area (Å²) >= 11 is 0. The second-order valence-electron chi connectivity index (χ2n) is 10.9. The van der Waals surface area contributed by atoms with E-state index in [1.54, 1.807) is 0 Å². The van der Waals surface area contributed by atoms with E-state index in [0.717, 1.165) is 67.7 Å². The third-order valence-corrected chi connectivity index (χ3v) is 8.06. The van der Waals surface area contributed by atoms with E-state index >= 15 is 0 Å². The smallest absolute Gasteiger partial charge is 0.280 e. The topological polar surface area (TPSA) is 34.0 Å². The fraction of sp³-hybridized carbons (Fsp3) is 0. The molecule has 0 aliphatic carbocycles. The van der Waals surface area contributed by atoms with Crippen LogP contribution in [0.4, 0.5) is 17.5 Å². The van der Waals surface area contributed by atoms with Crippen molar-refractivity contribution in [2.45, 2.75) is 0 Å². The Morgan fingerprint density at radius 1 is 0.511 bits per heavy atom. The van der Waals surface area contributed by atoms with Gasteiger partial charge in [0.2, 0.25) is 5.95 Å². The van der Waals surface area contributed by atoms with Crippen molar-refractivity contribution < 1.29 is 21.1 Å². The minimum absolute atomic E-state index is 0. The van der Waals surface area contributed by atoms with Gasteiger partial charge >= 0.3 is 21.1 Å². The summed E-state index contributed by atoms with van der Waals surface area (Å²) in [5, 5.41) is 0. The Kier molecular flexibility index (Phi) is 8.60. The molecular formula is C42H28N4Pt. The zero-order valence-electron chi connectivity index (χ0n) is 25.3. The van der Waals surface area contributed by atoms with E-state index < -0.39 is 0 Å². The van der Waals surface area contributed by atoms with Crippen LogP contribution in [-0.2, 0) is 21.1 Å². The van der Waals surface area contributed by atoms with E-state index in [1.165, 1.54) is 0 Å². The van der Waals surface area contributed by atoms with Crippen LogP contribution in [0.1, 0.15) is 0 Å². The number of nitrogens with zero attached hydrogens (tertiary/aromatic N) is 4. The van der Waals surface area contributed by atoms with Crippen LogP contribution in [0.25, 0.3) is 50.2 Å². The van der Waals surface area contributed by atoms with E-state index in [-0.39, 0.29) is 21.1 Å². The molecule has 0 aliphatic rings. The van der Waals surface area contributed by atoms with E-state index in [1.807, 2.05) is 84.9 Å². The van der Waals surface area contributed by atoms with Gasteiger partial charge in [-0.3, -0.25) is 14.5 Å². The molecule has 4 nitrogen and oxygen atoms in total. The van der Waals surface area contributed by atoms with Crippen LogP contribution in [-0.4, -0.2) is 14.5 Å². The maximum absolute atomic E-state index is 5.48. The number of hydrogen-bond donors (Lipinski definition) is 0. The fourth-order valence-electron chi connectivity index (χ4n) is 5.96. The van der Waals surface area contributed by atoms with Gasteiger partial charge in [-0.15, -0.1) is 71.8 Å². The summed E-state index contributed by atoms with van der Waals surface area (Å²) in [6.45, 7) is 0. The summed E-state index contributed by atoms with van der Waals surface area (Å²) in [5.41, 5.74) is 9.86. The van der Waals surface area contributed by atoms with Crippen LogP contribution >= 0.6 is 0 Å². The predicted molar refractivity (Wildman–Crippen MR) is 188 cm³/mol. The van der Waals surface area contributed by atoms with E-state index in [2.05, 4.69) is 107 Å². The molecule has 5 heteroatoms. The van der Waals surface area contributed by atoms with Crippen LogP contribution in [0, 0.1) is 12.1 Å². The molecule has 0 unspecified atom stereocenters. The van der Waals surface area contributed by atoms with Gasteiger partial charge in [-0.25, -0.2) is 4.98 Å². The minimum Gasteiger partial charge on any atom is -0.280 e. The van der Waals surface area contributed by atoms with Crippen LogP contribution in [0.2, 0.25) is 0 Å². The van der Waals surface area contributed by atoms with E-state index in [0.29, 0.717) is 0 Å². The van der Waals surface area contributed by atoms with Crippen molar-refractivity contribution in [2.75, 3.05) is 4.90 Å². The molecule has 8 aromatic rings. The molecule has 0 bridgehead atoms. The Morgan fingerprint density at radius 3 is 1.89 bits per heavy atom. The first-order valence-corrected chi connectivity index (χ1v) is 15.3. The number of imidazole rings is 1. The summed E-state index contributed by atoms with van der Waals surface area (Å²) in [6.07, 6.45) is 0. The molecule has 8 rings (SSSR count). The van der Waals surface area contributed by atoms with Crippen LogP contribution < -0.4 is 4.90 Å². The molecule has 226 valence electrons. The van der Waals surface area contributed by atoms with Gasteiger partial charge in [0.15, 0.2) is 0 Å². The number of anilines is 3. The molecule has 0 saturated carbocycles. The third-order valence-electron chi connectivity index (χ3n) is 8.06. The summed E-state index contributed by atoms with van der Waals surface area (Å²) in [5.74, 6) is 1.48. The number of aromatic nitrogens is 3. The molecule has 0 amide bonds. The standard InChI is InChI=1S/C42H28N4.Pt/c1-5-17-31(18-6-1)35-25-13-14-28-38(35)46-39-29-15-26-36(32-19-7-2-8-20-32)41(39)44-42(46)45(34-23-11-4-12-24-34)40-30-16-27-37(43-40)33-21-9-3-10-22-33;/h1-19,21,23-30H;/q-2;+2. The molecular weight excluding hydrogens is 756 g/mol. The van der Waals surface area contributed by atoms with Crippen molar-refractivity contribution >= 4 is 28.5 Å². The fourth-order valence-corrected chi connectivity index (χ4v) is 5.96. The quantitative estimate of drug-likeness (QED) is 0.151. The molecule has 0 N–H and O–H groups in total. The van der Waals surface area contributed by atoms with Crippen molar-refractivity contribution in [3.8, 4) is 39.2 Å². The zero-order chi connectivity index (χ0) is 30.7. The molecule has 0 atom stereocenters. The van der Waals surface area contributed by atoms with Gasteiger partial charge in [0.1, 0.15) is 5.82 Å². The summed E-state index contributed by atoms with van der Waals surface area (Å²) in [4.78, 5) is 12.8. The van der Waals surface area contributed by atoms with E-state index in [9.17, 15) is 0 Å². The Balaban J connectivity index is 0.00000351. The van der Waals surface area contributed by atoms with Gasteiger partial charge in [-0.2, -0.15) is 0 Å². The van der Waals surface area contributed by atoms with Crippen molar-refractivity contribution in [2.24, 2.45) is 0 Å². The predicted octanol–water partition coefficient (Wildman–Crippen LogP) is 10.5. The summed E-state index contributed by atoms with van der Waals surface area (Å²) in [7, 11) is 0. The van der Waals surface area contributed by atoms with Crippen LogP contribution in [0.5, 0.6) is 0 Å². The number of hydrogen-bond acceptors (Lipinski definition) is 3.